The Morgan fingerprint density at radius 2 is 2.08 bits per heavy atom. The summed E-state index contributed by atoms with van der Waals surface area (Å²) < 4.78 is 0. The Balaban J connectivity index is 1.94. The number of para-hydroxylation sites is 1. The molecule has 0 radical (unpaired) electrons. The number of rotatable bonds is 8. The van der Waals surface area contributed by atoms with Crippen molar-refractivity contribution < 1.29 is 9.59 Å². The molecule has 0 fully saturated rings. The van der Waals surface area contributed by atoms with Gasteiger partial charge in [-0.3, -0.25) is 9.59 Å². The van der Waals surface area contributed by atoms with Gasteiger partial charge in [-0.1, -0.05) is 38.5 Å². The molecule has 0 aromatic heterocycles. The van der Waals surface area contributed by atoms with Gasteiger partial charge < -0.3 is 10.2 Å². The van der Waals surface area contributed by atoms with E-state index in [1.54, 1.807) is 0 Å². The fourth-order valence-corrected chi connectivity index (χ4v) is 3.23. The molecule has 1 N–H and O–H groups in total. The van der Waals surface area contributed by atoms with Crippen LogP contribution in [-0.4, -0.2) is 29.3 Å². The van der Waals surface area contributed by atoms with Crippen molar-refractivity contribution in [1.29, 1.82) is 0 Å². The molecule has 1 aliphatic rings. The molecular weight excluding hydrogens is 300 g/mol. The summed E-state index contributed by atoms with van der Waals surface area (Å²) in [6.07, 6.45) is 4.89. The highest BCUT2D eigenvalue weighted by molar-refractivity contribution is 5.96. The average Bonchev–Trinajstić information content (AvgIpc) is 2.59. The van der Waals surface area contributed by atoms with E-state index in [0.717, 1.165) is 37.9 Å². The number of nitrogens with one attached hydrogen (secondary N) is 1. The third-order valence-electron chi connectivity index (χ3n) is 5.01. The Morgan fingerprint density at radius 3 is 2.79 bits per heavy atom. The summed E-state index contributed by atoms with van der Waals surface area (Å²) in [5.74, 6) is 0.128. The van der Waals surface area contributed by atoms with E-state index in [1.165, 1.54) is 5.56 Å². The van der Waals surface area contributed by atoms with Crippen LogP contribution in [0.4, 0.5) is 5.69 Å². The molecule has 1 aromatic carbocycles. The second-order valence-corrected chi connectivity index (χ2v) is 6.78. The van der Waals surface area contributed by atoms with Crippen LogP contribution in [0.2, 0.25) is 0 Å². The monoisotopic (exact) mass is 330 g/mol. The lowest BCUT2D eigenvalue weighted by Crippen LogP contribution is -2.39. The summed E-state index contributed by atoms with van der Waals surface area (Å²) in [6, 6.07) is 8.18. The molecule has 1 aromatic rings. The zero-order valence-electron chi connectivity index (χ0n) is 15.2. The van der Waals surface area contributed by atoms with Crippen molar-refractivity contribution in [3.63, 3.8) is 0 Å². The van der Waals surface area contributed by atoms with Crippen LogP contribution in [0.15, 0.2) is 24.3 Å². The maximum Gasteiger partial charge on any atom is 0.227 e. The summed E-state index contributed by atoms with van der Waals surface area (Å²) in [5.41, 5.74) is 2.08. The Labute approximate surface area is 145 Å². The number of fused-ring (bicyclic) bond motifs is 1. The standard InChI is InChI=1S/C20H30N2O2/c1-4-6-13-22(15(3)5-2)19(23)12-11-17-14-16-9-7-8-10-18(16)21-20(17)24/h7-10,15,17H,4-6,11-14H2,1-3H3,(H,21,24). The van der Waals surface area contributed by atoms with Gasteiger partial charge in [0, 0.05) is 30.6 Å². The maximum atomic E-state index is 12.6. The van der Waals surface area contributed by atoms with Crippen molar-refractivity contribution in [2.75, 3.05) is 11.9 Å². The molecular formula is C20H30N2O2. The van der Waals surface area contributed by atoms with Crippen LogP contribution in [-0.2, 0) is 16.0 Å². The van der Waals surface area contributed by atoms with Crippen molar-refractivity contribution in [3.05, 3.63) is 29.8 Å². The van der Waals surface area contributed by atoms with Gasteiger partial charge in [-0.15, -0.1) is 0 Å². The number of carbonyl (C=O) groups is 2. The molecule has 1 aliphatic heterocycles. The van der Waals surface area contributed by atoms with Crippen LogP contribution in [0.1, 0.15) is 58.4 Å². The van der Waals surface area contributed by atoms with Crippen LogP contribution in [0.5, 0.6) is 0 Å². The molecule has 1 heterocycles. The Morgan fingerprint density at radius 1 is 1.33 bits per heavy atom. The van der Waals surface area contributed by atoms with E-state index >= 15 is 0 Å². The summed E-state index contributed by atoms with van der Waals surface area (Å²) in [7, 11) is 0. The second-order valence-electron chi connectivity index (χ2n) is 6.78. The zero-order chi connectivity index (χ0) is 17.5. The number of hydrogen-bond donors (Lipinski definition) is 1. The Hall–Kier alpha value is -1.84. The number of benzene rings is 1. The van der Waals surface area contributed by atoms with Gasteiger partial charge in [-0.2, -0.15) is 0 Å². The third-order valence-corrected chi connectivity index (χ3v) is 5.01. The first-order valence-corrected chi connectivity index (χ1v) is 9.25. The number of unbranched alkanes of at least 4 members (excludes halogenated alkanes) is 1. The first kappa shape index (κ1) is 18.5. The Kier molecular flexibility index (Phi) is 6.83. The van der Waals surface area contributed by atoms with Gasteiger partial charge in [-0.05, 0) is 44.2 Å². The SMILES string of the molecule is CCCCN(C(=O)CCC1Cc2ccccc2NC1=O)C(C)CC. The predicted octanol–water partition coefficient (Wildman–Crippen LogP) is 4.00. The molecule has 2 unspecified atom stereocenters. The molecule has 2 rings (SSSR count). The quantitative estimate of drug-likeness (QED) is 0.783. The highest BCUT2D eigenvalue weighted by atomic mass is 16.2. The summed E-state index contributed by atoms with van der Waals surface area (Å²) in [6.45, 7) is 7.19. The van der Waals surface area contributed by atoms with Gasteiger partial charge in [0.1, 0.15) is 0 Å². The van der Waals surface area contributed by atoms with Crippen LogP contribution in [0, 0.1) is 5.92 Å². The van der Waals surface area contributed by atoms with Gasteiger partial charge >= 0.3 is 0 Å². The van der Waals surface area contributed by atoms with Crippen LogP contribution in [0.25, 0.3) is 0 Å². The topological polar surface area (TPSA) is 49.4 Å². The van der Waals surface area contributed by atoms with Gasteiger partial charge in [0.25, 0.3) is 0 Å². The minimum atomic E-state index is -0.103. The average molecular weight is 330 g/mol. The fraction of sp³-hybridized carbons (Fsp3) is 0.600. The number of hydrogen-bond acceptors (Lipinski definition) is 2. The molecule has 4 nitrogen and oxygen atoms in total. The largest absolute Gasteiger partial charge is 0.340 e. The first-order chi connectivity index (χ1) is 11.6. The van der Waals surface area contributed by atoms with Gasteiger partial charge in [0.05, 0.1) is 0 Å². The van der Waals surface area contributed by atoms with E-state index in [0.29, 0.717) is 12.8 Å². The molecule has 0 bridgehead atoms. The second kappa shape index (κ2) is 8.86. The predicted molar refractivity (Wildman–Crippen MR) is 97.9 cm³/mol. The zero-order valence-corrected chi connectivity index (χ0v) is 15.2. The van der Waals surface area contributed by atoms with E-state index < -0.39 is 0 Å². The third kappa shape index (κ3) is 4.59. The molecule has 132 valence electrons. The summed E-state index contributed by atoms with van der Waals surface area (Å²) >= 11 is 0. The van der Waals surface area contributed by atoms with Gasteiger partial charge in [-0.25, -0.2) is 0 Å². The molecule has 0 saturated heterocycles. The van der Waals surface area contributed by atoms with Gasteiger partial charge in [0.2, 0.25) is 11.8 Å². The normalized spacial score (nSPS) is 17.8. The van der Waals surface area contributed by atoms with Crippen molar-refractivity contribution >= 4 is 17.5 Å². The highest BCUT2D eigenvalue weighted by Crippen LogP contribution is 2.27. The molecule has 2 amide bonds. The molecule has 24 heavy (non-hydrogen) atoms. The number of anilines is 1. The lowest BCUT2D eigenvalue weighted by atomic mass is 9.89. The van der Waals surface area contributed by atoms with Crippen molar-refractivity contribution in [1.82, 2.24) is 4.90 Å². The number of amides is 2. The minimum absolute atomic E-state index is 0.0464. The molecule has 2 atom stereocenters. The van der Waals surface area contributed by atoms with Crippen LogP contribution >= 0.6 is 0 Å². The number of nitrogens with zero attached hydrogens (tertiary/aromatic N) is 1. The Bertz CT molecular complexity index is 571. The molecule has 0 aliphatic carbocycles. The summed E-state index contributed by atoms with van der Waals surface area (Å²) in [4.78, 5) is 26.9. The smallest absolute Gasteiger partial charge is 0.227 e. The maximum absolute atomic E-state index is 12.6. The van der Waals surface area contributed by atoms with E-state index in [4.69, 9.17) is 0 Å². The van der Waals surface area contributed by atoms with E-state index in [2.05, 4.69) is 32.2 Å². The summed E-state index contributed by atoms with van der Waals surface area (Å²) in [5, 5.41) is 2.97. The first-order valence-electron chi connectivity index (χ1n) is 9.25. The molecule has 4 heteroatoms. The van der Waals surface area contributed by atoms with Crippen molar-refractivity contribution in [2.45, 2.75) is 65.3 Å². The highest BCUT2D eigenvalue weighted by Gasteiger charge is 2.27. The van der Waals surface area contributed by atoms with Crippen LogP contribution in [0.3, 0.4) is 0 Å². The van der Waals surface area contributed by atoms with E-state index in [-0.39, 0.29) is 23.8 Å². The van der Waals surface area contributed by atoms with Crippen molar-refractivity contribution in [3.8, 4) is 0 Å². The number of carbonyl (C=O) groups excluding carboxylic acids is 2. The van der Waals surface area contributed by atoms with E-state index in [1.807, 2.05) is 23.1 Å². The minimum Gasteiger partial charge on any atom is -0.340 e. The molecule has 0 saturated carbocycles. The van der Waals surface area contributed by atoms with Crippen molar-refractivity contribution in [2.24, 2.45) is 5.92 Å². The van der Waals surface area contributed by atoms with E-state index in [9.17, 15) is 9.59 Å². The fourth-order valence-electron chi connectivity index (χ4n) is 3.23. The van der Waals surface area contributed by atoms with Crippen LogP contribution < -0.4 is 5.32 Å². The lowest BCUT2D eigenvalue weighted by molar-refractivity contribution is -0.133. The van der Waals surface area contributed by atoms with Gasteiger partial charge in [0.15, 0.2) is 0 Å². The molecule has 0 spiro atoms. The lowest BCUT2D eigenvalue weighted by Gasteiger charge is -2.30.